The van der Waals surface area contributed by atoms with Gasteiger partial charge in [0.1, 0.15) is 0 Å². The molecule has 0 atom stereocenters. The van der Waals surface area contributed by atoms with Crippen LogP contribution in [0.3, 0.4) is 0 Å². The van der Waals surface area contributed by atoms with E-state index in [0.717, 1.165) is 18.2 Å². The maximum atomic E-state index is 12.7. The Morgan fingerprint density at radius 3 is 2.26 bits per heavy atom. The van der Waals surface area contributed by atoms with E-state index in [-0.39, 0.29) is 28.1 Å². The van der Waals surface area contributed by atoms with Gasteiger partial charge in [0.2, 0.25) is 5.91 Å². The van der Waals surface area contributed by atoms with Gasteiger partial charge >= 0.3 is 0 Å². The van der Waals surface area contributed by atoms with E-state index in [2.05, 4.69) is 10.0 Å². The minimum Gasteiger partial charge on any atom is -0.322 e. The molecule has 35 heavy (non-hydrogen) atoms. The van der Waals surface area contributed by atoms with Gasteiger partial charge in [-0.25, -0.2) is 8.42 Å². The van der Waals surface area contributed by atoms with Crippen LogP contribution in [0.1, 0.15) is 28.8 Å². The van der Waals surface area contributed by atoms with Crippen molar-refractivity contribution in [3.63, 3.8) is 0 Å². The number of carbonyl (C=O) groups excluding carboxylic acids is 2. The number of sulfonamides is 1. The van der Waals surface area contributed by atoms with Gasteiger partial charge in [0.15, 0.2) is 0 Å². The lowest BCUT2D eigenvalue weighted by Crippen LogP contribution is -2.23. The lowest BCUT2D eigenvalue weighted by molar-refractivity contribution is -0.385. The summed E-state index contributed by atoms with van der Waals surface area (Å²) in [6.07, 6.45) is 1.34. The summed E-state index contributed by atoms with van der Waals surface area (Å²) in [6.45, 7) is 2.19. The van der Waals surface area contributed by atoms with Crippen molar-refractivity contribution in [1.82, 2.24) is 0 Å². The van der Waals surface area contributed by atoms with E-state index in [9.17, 15) is 28.1 Å². The van der Waals surface area contributed by atoms with Crippen LogP contribution in [0.25, 0.3) is 0 Å². The van der Waals surface area contributed by atoms with Crippen molar-refractivity contribution in [3.05, 3.63) is 88.0 Å². The van der Waals surface area contributed by atoms with Crippen LogP contribution in [0.4, 0.5) is 22.7 Å². The van der Waals surface area contributed by atoms with Crippen LogP contribution in [0.15, 0.2) is 71.6 Å². The highest BCUT2D eigenvalue weighted by Gasteiger charge is 2.22. The van der Waals surface area contributed by atoms with Gasteiger partial charge in [-0.15, -0.1) is 0 Å². The minimum atomic E-state index is -4.05. The molecule has 1 heterocycles. The number of aryl methyl sites for hydroxylation is 1. The summed E-state index contributed by atoms with van der Waals surface area (Å²) in [5.74, 6) is -0.289. The zero-order valence-corrected chi connectivity index (χ0v) is 19.5. The lowest BCUT2D eigenvalue weighted by Gasteiger charge is -2.16. The highest BCUT2D eigenvalue weighted by Crippen LogP contribution is 2.25. The van der Waals surface area contributed by atoms with E-state index in [4.69, 9.17) is 0 Å². The van der Waals surface area contributed by atoms with Crippen LogP contribution >= 0.6 is 0 Å². The Morgan fingerprint density at radius 2 is 1.66 bits per heavy atom. The first-order valence-electron chi connectivity index (χ1n) is 10.7. The van der Waals surface area contributed by atoms with E-state index in [1.807, 2.05) is 0 Å². The van der Waals surface area contributed by atoms with Gasteiger partial charge < -0.3 is 10.2 Å². The maximum absolute atomic E-state index is 12.7. The fourth-order valence-corrected chi connectivity index (χ4v) is 4.78. The predicted octanol–water partition coefficient (Wildman–Crippen LogP) is 4.08. The van der Waals surface area contributed by atoms with Crippen molar-refractivity contribution in [1.29, 1.82) is 0 Å². The fraction of sp³-hybridized carbons (Fsp3) is 0.167. The molecule has 0 aromatic heterocycles. The van der Waals surface area contributed by atoms with Gasteiger partial charge in [-0.1, -0.05) is 6.07 Å². The zero-order valence-electron chi connectivity index (χ0n) is 18.7. The first-order valence-corrected chi connectivity index (χ1v) is 12.2. The summed E-state index contributed by atoms with van der Waals surface area (Å²) in [6, 6.07) is 16.4. The molecule has 0 saturated carbocycles. The number of hydrogen-bond donors (Lipinski definition) is 2. The second-order valence-corrected chi connectivity index (χ2v) is 9.72. The van der Waals surface area contributed by atoms with Crippen LogP contribution in [0, 0.1) is 17.0 Å². The van der Waals surface area contributed by atoms with Gasteiger partial charge in [-0.05, 0) is 67.9 Å². The Bertz CT molecular complexity index is 1400. The molecule has 11 heteroatoms. The molecule has 2 amide bonds. The van der Waals surface area contributed by atoms with E-state index in [1.54, 1.807) is 29.2 Å². The maximum Gasteiger partial charge on any atom is 0.273 e. The Hall–Kier alpha value is -4.25. The molecule has 0 unspecified atom stereocenters. The molecule has 0 radical (unpaired) electrons. The largest absolute Gasteiger partial charge is 0.322 e. The molecule has 0 spiro atoms. The van der Waals surface area contributed by atoms with Crippen molar-refractivity contribution < 1.29 is 22.9 Å². The summed E-state index contributed by atoms with van der Waals surface area (Å²) in [4.78, 5) is 36.4. The highest BCUT2D eigenvalue weighted by atomic mass is 32.2. The number of nitrogens with one attached hydrogen (secondary N) is 2. The van der Waals surface area contributed by atoms with Gasteiger partial charge in [0.25, 0.3) is 21.6 Å². The van der Waals surface area contributed by atoms with Crippen LogP contribution in [-0.4, -0.2) is 31.7 Å². The third-order valence-corrected chi connectivity index (χ3v) is 6.98. The molecule has 0 aliphatic carbocycles. The van der Waals surface area contributed by atoms with Crippen LogP contribution in [-0.2, 0) is 14.8 Å². The number of rotatable bonds is 7. The van der Waals surface area contributed by atoms with Crippen molar-refractivity contribution in [3.8, 4) is 0 Å². The van der Waals surface area contributed by atoms with Crippen LogP contribution in [0.2, 0.25) is 0 Å². The number of anilines is 3. The van der Waals surface area contributed by atoms with Crippen molar-refractivity contribution in [2.24, 2.45) is 0 Å². The second-order valence-electron chi connectivity index (χ2n) is 8.04. The normalized spacial score (nSPS) is 13.5. The molecule has 0 bridgehead atoms. The number of benzene rings is 3. The average Bonchev–Trinajstić information content (AvgIpc) is 3.26. The number of amides is 2. The molecule has 3 aromatic carbocycles. The average molecular weight is 495 g/mol. The third-order valence-electron chi connectivity index (χ3n) is 5.60. The molecule has 1 saturated heterocycles. The Balaban J connectivity index is 1.41. The monoisotopic (exact) mass is 494 g/mol. The molecule has 1 aliphatic heterocycles. The fourth-order valence-electron chi connectivity index (χ4n) is 3.71. The van der Waals surface area contributed by atoms with Crippen molar-refractivity contribution >= 4 is 44.6 Å². The number of nitro benzene ring substituents is 1. The number of carbonyl (C=O) groups is 2. The first kappa shape index (κ1) is 23.9. The molecule has 1 aliphatic rings. The summed E-state index contributed by atoms with van der Waals surface area (Å²) >= 11 is 0. The quantitative estimate of drug-likeness (QED) is 0.375. The number of nitrogens with zero attached hydrogens (tertiary/aromatic N) is 2. The number of hydrogen-bond acceptors (Lipinski definition) is 6. The first-order chi connectivity index (χ1) is 16.6. The van der Waals surface area contributed by atoms with Gasteiger partial charge in [-0.3, -0.25) is 24.4 Å². The SMILES string of the molecule is Cc1ccc(S(=O)(=O)Nc2ccc(NC(=O)c3ccc(N4CCCC4=O)cc3)cc2)cc1[N+](=O)[O-]. The van der Waals surface area contributed by atoms with E-state index < -0.39 is 14.9 Å². The highest BCUT2D eigenvalue weighted by molar-refractivity contribution is 7.92. The molecular formula is C24H22N4O6S. The van der Waals surface area contributed by atoms with Crippen LogP contribution < -0.4 is 14.9 Å². The summed E-state index contributed by atoms with van der Waals surface area (Å²) in [5.41, 5.74) is 1.90. The smallest absolute Gasteiger partial charge is 0.273 e. The third kappa shape index (κ3) is 5.30. The molecule has 1 fully saturated rings. The number of nitro groups is 1. The Kier molecular flexibility index (Phi) is 6.52. The van der Waals surface area contributed by atoms with Gasteiger partial charge in [0.05, 0.1) is 9.82 Å². The lowest BCUT2D eigenvalue weighted by atomic mass is 10.1. The molecule has 3 aromatic rings. The van der Waals surface area contributed by atoms with Crippen molar-refractivity contribution in [2.45, 2.75) is 24.7 Å². The van der Waals surface area contributed by atoms with Gasteiger partial charge in [0, 0.05) is 47.2 Å². The molecule has 2 N–H and O–H groups in total. The van der Waals surface area contributed by atoms with E-state index >= 15 is 0 Å². The predicted molar refractivity (Wildman–Crippen MR) is 131 cm³/mol. The Labute approximate surface area is 201 Å². The minimum absolute atomic E-state index is 0.0681. The summed E-state index contributed by atoms with van der Waals surface area (Å²) < 4.78 is 27.7. The molecule has 4 rings (SSSR count). The topological polar surface area (TPSA) is 139 Å². The molecule has 180 valence electrons. The van der Waals surface area contributed by atoms with Crippen LogP contribution in [0.5, 0.6) is 0 Å². The summed E-state index contributed by atoms with van der Waals surface area (Å²) in [5, 5.41) is 13.8. The zero-order chi connectivity index (χ0) is 25.2. The van der Waals surface area contributed by atoms with Gasteiger partial charge in [-0.2, -0.15) is 0 Å². The molecular weight excluding hydrogens is 472 g/mol. The second kappa shape index (κ2) is 9.55. The van der Waals surface area contributed by atoms with Crippen molar-refractivity contribution in [2.75, 3.05) is 21.5 Å². The van der Waals surface area contributed by atoms with E-state index in [0.29, 0.717) is 29.8 Å². The Morgan fingerprint density at radius 1 is 1.00 bits per heavy atom. The summed E-state index contributed by atoms with van der Waals surface area (Å²) in [7, 11) is -4.05. The molecule has 10 nitrogen and oxygen atoms in total. The standard InChI is InChI=1S/C24H22N4O6S/c1-16-4-13-21(15-22(16)28(31)32)35(33,34)26-19-9-7-18(8-10-19)25-24(30)17-5-11-20(12-6-17)27-14-2-3-23(27)29/h4-13,15,26H,2-3,14H2,1H3,(H,25,30). The van der Waals surface area contributed by atoms with E-state index in [1.165, 1.54) is 43.3 Å².